The van der Waals surface area contributed by atoms with Gasteiger partial charge in [0.2, 0.25) is 5.95 Å². The zero-order valence-electron chi connectivity index (χ0n) is 6.55. The Morgan fingerprint density at radius 2 is 2.07 bits per heavy atom. The van der Waals surface area contributed by atoms with Crippen LogP contribution in [0.3, 0.4) is 0 Å². The van der Waals surface area contributed by atoms with Crippen LogP contribution in [-0.4, -0.2) is 16.1 Å². The van der Waals surface area contributed by atoms with Crippen molar-refractivity contribution in [1.29, 1.82) is 0 Å². The third kappa shape index (κ3) is 1.76. The normalized spacial score (nSPS) is 10.6. The summed E-state index contributed by atoms with van der Waals surface area (Å²) in [6.07, 6.45) is -3.06. The Morgan fingerprint density at radius 3 is 2.43 bits per heavy atom. The topological polar surface area (TPSA) is 70.2 Å². The first kappa shape index (κ1) is 10.3. The molecule has 76 valence electrons. The van der Waals surface area contributed by atoms with Crippen LogP contribution in [0, 0.1) is 5.95 Å². The molecule has 0 aliphatic carbocycles. The van der Waals surface area contributed by atoms with Gasteiger partial charge in [0.25, 0.3) is 6.43 Å². The molecular weight excluding hydrogens is 203 g/mol. The molecule has 0 bridgehead atoms. The molecule has 4 nitrogen and oxygen atoms in total. The molecule has 0 aromatic carbocycles. The van der Waals surface area contributed by atoms with E-state index in [1.54, 1.807) is 0 Å². The summed E-state index contributed by atoms with van der Waals surface area (Å²) in [5.74, 6) is -3.37. The number of pyridine rings is 1. The van der Waals surface area contributed by atoms with Gasteiger partial charge in [0.05, 0.1) is 5.69 Å². The molecule has 1 rings (SSSR count). The van der Waals surface area contributed by atoms with Crippen molar-refractivity contribution in [1.82, 2.24) is 4.98 Å². The van der Waals surface area contributed by atoms with Crippen LogP contribution in [0.1, 0.15) is 22.5 Å². The van der Waals surface area contributed by atoms with Gasteiger partial charge in [0, 0.05) is 6.07 Å². The van der Waals surface area contributed by atoms with Crippen LogP contribution in [0.15, 0.2) is 10.9 Å². The maximum atomic E-state index is 12.8. The molecule has 0 aliphatic rings. The number of aromatic nitrogens is 1. The van der Waals surface area contributed by atoms with Crippen molar-refractivity contribution >= 4 is 5.97 Å². The van der Waals surface area contributed by atoms with Crippen molar-refractivity contribution in [3.63, 3.8) is 0 Å². The first-order valence-corrected chi connectivity index (χ1v) is 3.37. The molecule has 7 heteroatoms. The van der Waals surface area contributed by atoms with Gasteiger partial charge < -0.3 is 10.1 Å². The minimum absolute atomic E-state index is 0.358. The van der Waals surface area contributed by atoms with Crippen LogP contribution in [0.2, 0.25) is 0 Å². The molecule has 1 heterocycles. The number of H-pyrrole nitrogens is 1. The van der Waals surface area contributed by atoms with Crippen LogP contribution in [0.25, 0.3) is 0 Å². The monoisotopic (exact) mass is 207 g/mol. The first-order chi connectivity index (χ1) is 6.43. The molecule has 0 saturated carbocycles. The summed E-state index contributed by atoms with van der Waals surface area (Å²) < 4.78 is 36.7. The third-order valence-electron chi connectivity index (χ3n) is 1.46. The fourth-order valence-electron chi connectivity index (χ4n) is 0.864. The average molecular weight is 207 g/mol. The zero-order valence-corrected chi connectivity index (χ0v) is 6.55. The summed E-state index contributed by atoms with van der Waals surface area (Å²) in [5, 5.41) is 8.33. The number of alkyl halides is 2. The molecule has 14 heavy (non-hydrogen) atoms. The van der Waals surface area contributed by atoms with Gasteiger partial charge in [0.15, 0.2) is 11.0 Å². The number of rotatable bonds is 2. The van der Waals surface area contributed by atoms with E-state index in [1.165, 1.54) is 4.98 Å². The van der Waals surface area contributed by atoms with Crippen molar-refractivity contribution in [2.75, 3.05) is 0 Å². The summed E-state index contributed by atoms with van der Waals surface area (Å²) in [6, 6.07) is 0.358. The van der Waals surface area contributed by atoms with Crippen LogP contribution < -0.4 is 5.43 Å². The SMILES string of the molecule is O=C(O)c1c(F)[nH]c(C(F)F)cc1=O. The Bertz CT molecular complexity index is 427. The standard InChI is InChI=1S/C7H4F3NO3/c8-5(9)2-1-3(12)4(7(13)14)6(10)11-2/h1,5H,(H,11,12)(H,13,14). The average Bonchev–Trinajstić information content (AvgIpc) is 2.01. The van der Waals surface area contributed by atoms with Gasteiger partial charge in [-0.15, -0.1) is 0 Å². The smallest absolute Gasteiger partial charge is 0.344 e. The maximum absolute atomic E-state index is 12.8. The molecule has 0 saturated heterocycles. The van der Waals surface area contributed by atoms with E-state index in [9.17, 15) is 22.8 Å². The third-order valence-corrected chi connectivity index (χ3v) is 1.46. The Labute approximate surface area is 75.0 Å². The number of carbonyl (C=O) groups is 1. The minimum atomic E-state index is -3.06. The van der Waals surface area contributed by atoms with Gasteiger partial charge in [-0.05, 0) is 0 Å². The lowest BCUT2D eigenvalue weighted by atomic mass is 10.2. The predicted octanol–water partition coefficient (Wildman–Crippen LogP) is 1.15. The van der Waals surface area contributed by atoms with Crippen LogP contribution in [0.5, 0.6) is 0 Å². The van der Waals surface area contributed by atoms with Gasteiger partial charge in [-0.2, -0.15) is 4.39 Å². The molecule has 0 aliphatic heterocycles. The van der Waals surface area contributed by atoms with Crippen molar-refractivity contribution in [3.05, 3.63) is 33.5 Å². The van der Waals surface area contributed by atoms with Crippen LogP contribution in [-0.2, 0) is 0 Å². The highest BCUT2D eigenvalue weighted by Crippen LogP contribution is 2.15. The number of aromatic amines is 1. The molecule has 0 spiro atoms. The molecule has 0 fully saturated rings. The quantitative estimate of drug-likeness (QED) is 0.714. The largest absolute Gasteiger partial charge is 0.477 e. The summed E-state index contributed by atoms with van der Waals surface area (Å²) in [4.78, 5) is 22.6. The van der Waals surface area contributed by atoms with Gasteiger partial charge in [0.1, 0.15) is 0 Å². The highest BCUT2D eigenvalue weighted by atomic mass is 19.3. The summed E-state index contributed by atoms with van der Waals surface area (Å²) >= 11 is 0. The Hall–Kier alpha value is -1.79. The highest BCUT2D eigenvalue weighted by Gasteiger charge is 2.19. The van der Waals surface area contributed by atoms with Crippen molar-refractivity contribution in [3.8, 4) is 0 Å². The summed E-state index contributed by atoms with van der Waals surface area (Å²) in [5.41, 5.74) is -3.41. The zero-order chi connectivity index (χ0) is 10.9. The van der Waals surface area contributed by atoms with Crippen LogP contribution >= 0.6 is 0 Å². The van der Waals surface area contributed by atoms with E-state index < -0.39 is 35.0 Å². The van der Waals surface area contributed by atoms with Gasteiger partial charge >= 0.3 is 5.97 Å². The number of carboxylic acid groups (broad SMARTS) is 1. The number of hydrogen-bond acceptors (Lipinski definition) is 2. The molecule has 0 amide bonds. The summed E-state index contributed by atoms with van der Waals surface area (Å²) in [7, 11) is 0. The van der Waals surface area contributed by atoms with E-state index in [0.29, 0.717) is 6.07 Å². The number of halogens is 3. The summed E-state index contributed by atoms with van der Waals surface area (Å²) in [6.45, 7) is 0. The number of hydrogen-bond donors (Lipinski definition) is 2. The fraction of sp³-hybridized carbons (Fsp3) is 0.143. The number of carboxylic acids is 1. The second kappa shape index (κ2) is 3.52. The Morgan fingerprint density at radius 1 is 1.50 bits per heavy atom. The minimum Gasteiger partial charge on any atom is -0.477 e. The second-order valence-electron chi connectivity index (χ2n) is 2.38. The highest BCUT2D eigenvalue weighted by molar-refractivity contribution is 5.87. The van der Waals surface area contributed by atoms with Gasteiger partial charge in [-0.3, -0.25) is 4.79 Å². The molecule has 0 unspecified atom stereocenters. The van der Waals surface area contributed by atoms with Crippen LogP contribution in [0.4, 0.5) is 13.2 Å². The van der Waals surface area contributed by atoms with E-state index in [1.807, 2.05) is 0 Å². The molecule has 2 N–H and O–H groups in total. The molecule has 0 atom stereocenters. The van der Waals surface area contributed by atoms with E-state index in [-0.39, 0.29) is 0 Å². The lowest BCUT2D eigenvalue weighted by molar-refractivity contribution is 0.0688. The molecule has 1 aromatic rings. The number of nitrogens with one attached hydrogen (secondary N) is 1. The molecule has 1 aromatic heterocycles. The van der Waals surface area contributed by atoms with Gasteiger partial charge in [-0.25, -0.2) is 13.6 Å². The predicted molar refractivity (Wildman–Crippen MR) is 38.9 cm³/mol. The first-order valence-electron chi connectivity index (χ1n) is 3.37. The lowest BCUT2D eigenvalue weighted by Gasteiger charge is -2.01. The Balaban J connectivity index is 3.40. The fourth-order valence-corrected chi connectivity index (χ4v) is 0.864. The van der Waals surface area contributed by atoms with Crippen molar-refractivity contribution in [2.24, 2.45) is 0 Å². The lowest BCUT2D eigenvalue weighted by Crippen LogP contribution is -2.19. The van der Waals surface area contributed by atoms with E-state index in [0.717, 1.165) is 0 Å². The second-order valence-corrected chi connectivity index (χ2v) is 2.38. The molecular formula is C7H4F3NO3. The molecule has 0 radical (unpaired) electrons. The van der Waals surface area contributed by atoms with E-state index in [4.69, 9.17) is 5.11 Å². The van der Waals surface area contributed by atoms with Gasteiger partial charge in [-0.1, -0.05) is 0 Å². The Kier molecular flexibility index (Phi) is 2.59. The van der Waals surface area contributed by atoms with E-state index >= 15 is 0 Å². The van der Waals surface area contributed by atoms with Crippen molar-refractivity contribution < 1.29 is 23.1 Å². The number of aromatic carboxylic acids is 1. The van der Waals surface area contributed by atoms with Crippen molar-refractivity contribution in [2.45, 2.75) is 6.43 Å². The van der Waals surface area contributed by atoms with E-state index in [2.05, 4.69) is 0 Å². The maximum Gasteiger partial charge on any atom is 0.344 e.